The van der Waals surface area contributed by atoms with Crippen molar-refractivity contribution in [2.24, 2.45) is 0 Å². The zero-order valence-corrected chi connectivity index (χ0v) is 16.5. The molecule has 1 heterocycles. The number of anilines is 1. The van der Waals surface area contributed by atoms with Crippen LogP contribution >= 0.6 is 11.3 Å². The number of aryl methyl sites for hydroxylation is 1. The average Bonchev–Trinajstić information content (AvgIpc) is 3.06. The molecule has 0 saturated heterocycles. The lowest BCUT2D eigenvalue weighted by Crippen LogP contribution is -2.07. The number of ether oxygens (including phenoxy) is 2. The molecule has 3 rings (SSSR count). The van der Waals surface area contributed by atoms with E-state index in [1.807, 2.05) is 13.0 Å². The molecule has 2 aromatic carbocycles. The maximum absolute atomic E-state index is 13.1. The molecule has 0 unspecified atom stereocenters. The molecule has 1 N–H and O–H groups in total. The van der Waals surface area contributed by atoms with E-state index in [9.17, 15) is 9.18 Å². The molecule has 0 bridgehead atoms. The van der Waals surface area contributed by atoms with Gasteiger partial charge >= 0.3 is 0 Å². The summed E-state index contributed by atoms with van der Waals surface area (Å²) in [6.45, 7) is 1.91. The van der Waals surface area contributed by atoms with Crippen LogP contribution in [0.15, 0.2) is 48.5 Å². The van der Waals surface area contributed by atoms with Crippen LogP contribution in [0, 0.1) is 12.7 Å². The summed E-state index contributed by atoms with van der Waals surface area (Å²) in [6.07, 6.45) is 3.11. The SMILES string of the molecule is COc1ccc(/C=C/C(=O)Nc2nc(-c3ccc(F)cc3)c(C)s2)cc1OC. The number of methoxy groups -OCH3 is 2. The monoisotopic (exact) mass is 398 g/mol. The van der Waals surface area contributed by atoms with Gasteiger partial charge in [0.2, 0.25) is 5.91 Å². The Hall–Kier alpha value is -3.19. The van der Waals surface area contributed by atoms with Gasteiger partial charge in [-0.25, -0.2) is 9.37 Å². The Labute approximate surface area is 166 Å². The highest BCUT2D eigenvalue weighted by atomic mass is 32.1. The molecule has 0 spiro atoms. The smallest absolute Gasteiger partial charge is 0.250 e. The van der Waals surface area contributed by atoms with Crippen LogP contribution < -0.4 is 14.8 Å². The van der Waals surface area contributed by atoms with Crippen LogP contribution in [0.25, 0.3) is 17.3 Å². The van der Waals surface area contributed by atoms with Crippen LogP contribution in [-0.2, 0) is 4.79 Å². The molecule has 3 aromatic rings. The molecule has 28 heavy (non-hydrogen) atoms. The molecule has 0 saturated carbocycles. The van der Waals surface area contributed by atoms with Crippen molar-refractivity contribution in [3.05, 3.63) is 64.8 Å². The molecular weight excluding hydrogens is 379 g/mol. The summed E-state index contributed by atoms with van der Waals surface area (Å²) in [5.74, 6) is 0.611. The van der Waals surface area contributed by atoms with E-state index in [1.165, 1.54) is 29.5 Å². The number of thiazole rings is 1. The van der Waals surface area contributed by atoms with Crippen LogP contribution in [-0.4, -0.2) is 25.1 Å². The van der Waals surface area contributed by atoms with E-state index in [0.717, 1.165) is 21.7 Å². The van der Waals surface area contributed by atoms with Gasteiger partial charge in [0, 0.05) is 16.5 Å². The fourth-order valence-electron chi connectivity index (χ4n) is 2.60. The van der Waals surface area contributed by atoms with Crippen molar-refractivity contribution in [2.75, 3.05) is 19.5 Å². The van der Waals surface area contributed by atoms with Crippen molar-refractivity contribution >= 4 is 28.5 Å². The fourth-order valence-corrected chi connectivity index (χ4v) is 3.44. The predicted octanol–water partition coefficient (Wildman–Crippen LogP) is 4.93. The quantitative estimate of drug-likeness (QED) is 0.599. The number of rotatable bonds is 6. The number of aromatic nitrogens is 1. The van der Waals surface area contributed by atoms with Gasteiger partial charge in [-0.15, -0.1) is 11.3 Å². The number of carbonyl (C=O) groups is 1. The molecular formula is C21H19FN2O3S. The van der Waals surface area contributed by atoms with E-state index in [0.29, 0.717) is 16.6 Å². The Morgan fingerprint density at radius 3 is 2.50 bits per heavy atom. The summed E-state index contributed by atoms with van der Waals surface area (Å²) in [4.78, 5) is 17.6. The highest BCUT2D eigenvalue weighted by molar-refractivity contribution is 7.16. The van der Waals surface area contributed by atoms with Crippen LogP contribution in [0.1, 0.15) is 10.4 Å². The van der Waals surface area contributed by atoms with E-state index in [-0.39, 0.29) is 11.7 Å². The molecule has 0 aliphatic carbocycles. The van der Waals surface area contributed by atoms with E-state index < -0.39 is 0 Å². The normalized spacial score (nSPS) is 10.9. The van der Waals surface area contributed by atoms with Gasteiger partial charge in [0.25, 0.3) is 0 Å². The van der Waals surface area contributed by atoms with Crippen LogP contribution in [0.3, 0.4) is 0 Å². The number of carbonyl (C=O) groups excluding carboxylic acids is 1. The van der Waals surface area contributed by atoms with E-state index >= 15 is 0 Å². The van der Waals surface area contributed by atoms with Crippen molar-refractivity contribution in [1.82, 2.24) is 4.98 Å². The lowest BCUT2D eigenvalue weighted by molar-refractivity contribution is -0.111. The molecule has 0 aliphatic heterocycles. The molecule has 0 radical (unpaired) electrons. The number of benzene rings is 2. The molecule has 5 nitrogen and oxygen atoms in total. The summed E-state index contributed by atoms with van der Waals surface area (Å²) in [6, 6.07) is 11.5. The zero-order chi connectivity index (χ0) is 20.1. The van der Waals surface area contributed by atoms with Gasteiger partial charge in [0.1, 0.15) is 5.82 Å². The minimum atomic E-state index is -0.301. The maximum Gasteiger partial charge on any atom is 0.250 e. The van der Waals surface area contributed by atoms with Gasteiger partial charge in [0.05, 0.1) is 19.9 Å². The van der Waals surface area contributed by atoms with Gasteiger partial charge < -0.3 is 9.47 Å². The Bertz CT molecular complexity index is 1010. The van der Waals surface area contributed by atoms with E-state index in [1.54, 1.807) is 44.6 Å². The van der Waals surface area contributed by atoms with Crippen molar-refractivity contribution in [3.8, 4) is 22.8 Å². The second-order valence-electron chi connectivity index (χ2n) is 5.87. The lowest BCUT2D eigenvalue weighted by atomic mass is 10.1. The highest BCUT2D eigenvalue weighted by Gasteiger charge is 2.11. The lowest BCUT2D eigenvalue weighted by Gasteiger charge is -2.07. The Morgan fingerprint density at radius 1 is 1.11 bits per heavy atom. The van der Waals surface area contributed by atoms with Crippen molar-refractivity contribution in [1.29, 1.82) is 0 Å². The summed E-state index contributed by atoms with van der Waals surface area (Å²) in [7, 11) is 3.12. The third-order valence-electron chi connectivity index (χ3n) is 3.98. The van der Waals surface area contributed by atoms with Crippen LogP contribution in [0.4, 0.5) is 9.52 Å². The first kappa shape index (κ1) is 19.6. The second-order valence-corrected chi connectivity index (χ2v) is 7.07. The van der Waals surface area contributed by atoms with Gasteiger partial charge in [-0.05, 0) is 55.0 Å². The Morgan fingerprint density at radius 2 is 1.82 bits per heavy atom. The van der Waals surface area contributed by atoms with Crippen LogP contribution in [0.2, 0.25) is 0 Å². The first-order valence-electron chi connectivity index (χ1n) is 8.44. The molecule has 144 valence electrons. The Balaban J connectivity index is 1.71. The summed E-state index contributed by atoms with van der Waals surface area (Å²) in [5, 5.41) is 3.24. The molecule has 0 aliphatic rings. The molecule has 1 amide bonds. The minimum absolute atomic E-state index is 0.297. The van der Waals surface area contributed by atoms with E-state index in [2.05, 4.69) is 10.3 Å². The topological polar surface area (TPSA) is 60.5 Å². The van der Waals surface area contributed by atoms with Gasteiger partial charge in [-0.1, -0.05) is 6.07 Å². The first-order chi connectivity index (χ1) is 13.5. The number of nitrogens with zero attached hydrogens (tertiary/aromatic N) is 1. The first-order valence-corrected chi connectivity index (χ1v) is 9.26. The third kappa shape index (κ3) is 4.55. The molecule has 7 heteroatoms. The number of nitrogens with one attached hydrogen (secondary N) is 1. The van der Waals surface area contributed by atoms with E-state index in [4.69, 9.17) is 9.47 Å². The van der Waals surface area contributed by atoms with Crippen molar-refractivity contribution in [3.63, 3.8) is 0 Å². The summed E-state index contributed by atoms with van der Waals surface area (Å²) < 4.78 is 23.5. The van der Waals surface area contributed by atoms with Crippen LogP contribution in [0.5, 0.6) is 11.5 Å². The standard InChI is InChI=1S/C21H19FN2O3S/c1-13-20(15-6-8-16(22)9-7-15)24-21(28-13)23-19(25)11-5-14-4-10-17(26-2)18(12-14)27-3/h4-12H,1-3H3,(H,23,24,25)/b11-5+. The predicted molar refractivity (Wildman–Crippen MR) is 109 cm³/mol. The molecule has 0 atom stereocenters. The molecule has 1 aromatic heterocycles. The third-order valence-corrected chi connectivity index (χ3v) is 4.87. The molecule has 0 fully saturated rings. The minimum Gasteiger partial charge on any atom is -0.493 e. The fraction of sp³-hybridized carbons (Fsp3) is 0.143. The number of halogens is 1. The number of hydrogen-bond donors (Lipinski definition) is 1. The highest BCUT2D eigenvalue weighted by Crippen LogP contribution is 2.31. The summed E-state index contributed by atoms with van der Waals surface area (Å²) >= 11 is 1.37. The van der Waals surface area contributed by atoms with Crippen molar-refractivity contribution < 1.29 is 18.7 Å². The van der Waals surface area contributed by atoms with Gasteiger partial charge in [-0.3, -0.25) is 10.1 Å². The number of amides is 1. The van der Waals surface area contributed by atoms with Gasteiger partial charge in [0.15, 0.2) is 16.6 Å². The number of hydrogen-bond acceptors (Lipinski definition) is 5. The average molecular weight is 398 g/mol. The zero-order valence-electron chi connectivity index (χ0n) is 15.7. The Kier molecular flexibility index (Phi) is 6.06. The van der Waals surface area contributed by atoms with Crippen molar-refractivity contribution in [2.45, 2.75) is 6.92 Å². The summed E-state index contributed by atoms with van der Waals surface area (Å²) in [5.41, 5.74) is 2.33. The largest absolute Gasteiger partial charge is 0.493 e. The maximum atomic E-state index is 13.1. The second kappa shape index (κ2) is 8.67. The van der Waals surface area contributed by atoms with Gasteiger partial charge in [-0.2, -0.15) is 0 Å².